The maximum atomic E-state index is 11.7. The Morgan fingerprint density at radius 2 is 2.41 bits per heavy atom. The Kier molecular flexibility index (Phi) is 5.33. The lowest BCUT2D eigenvalue weighted by Crippen LogP contribution is -2.22. The molecule has 0 aromatic carbocycles. The fourth-order valence-electron chi connectivity index (χ4n) is 1.37. The maximum Gasteiger partial charge on any atom is 0.357 e. The molecule has 0 fully saturated rings. The maximum absolute atomic E-state index is 11.7. The summed E-state index contributed by atoms with van der Waals surface area (Å²) in [7, 11) is 0. The van der Waals surface area contributed by atoms with Crippen LogP contribution >= 0.6 is 0 Å². The van der Waals surface area contributed by atoms with Crippen LogP contribution < -0.4 is 5.43 Å². The number of rotatable bonds is 7. The van der Waals surface area contributed by atoms with E-state index >= 15 is 0 Å². The van der Waals surface area contributed by atoms with Gasteiger partial charge in [-0.1, -0.05) is 26.5 Å². The zero-order valence-electron chi connectivity index (χ0n) is 10.5. The second-order valence-electron chi connectivity index (χ2n) is 4.24. The summed E-state index contributed by atoms with van der Waals surface area (Å²) in [4.78, 5) is 11.7. The molecule has 0 aliphatic heterocycles. The topological polar surface area (TPSA) is 43.3 Å². The third kappa shape index (κ3) is 4.34. The molecular formula is C13H20N2O2. The van der Waals surface area contributed by atoms with Crippen molar-refractivity contribution in [1.82, 2.24) is 4.68 Å². The molecular weight excluding hydrogens is 216 g/mol. The number of esters is 1. The van der Waals surface area contributed by atoms with Gasteiger partial charge >= 0.3 is 5.97 Å². The minimum absolute atomic E-state index is 0.232. The second-order valence-corrected chi connectivity index (χ2v) is 4.24. The van der Waals surface area contributed by atoms with E-state index in [0.29, 0.717) is 11.6 Å². The van der Waals surface area contributed by atoms with Gasteiger partial charge in [-0.05, 0) is 24.5 Å². The van der Waals surface area contributed by atoms with Crippen LogP contribution in [0.1, 0.15) is 30.8 Å². The van der Waals surface area contributed by atoms with Gasteiger partial charge in [0.15, 0.2) is 0 Å². The Balaban J connectivity index is 2.53. The Labute approximate surface area is 102 Å². The summed E-state index contributed by atoms with van der Waals surface area (Å²) < 4.78 is 6.69. The summed E-state index contributed by atoms with van der Waals surface area (Å²) in [5, 5.41) is 0. The minimum Gasteiger partial charge on any atom is -0.457 e. The van der Waals surface area contributed by atoms with E-state index in [9.17, 15) is 4.79 Å². The van der Waals surface area contributed by atoms with Gasteiger partial charge in [-0.2, -0.15) is 0 Å². The molecule has 1 aromatic rings. The lowest BCUT2D eigenvalue weighted by Gasteiger charge is -2.12. The van der Waals surface area contributed by atoms with Gasteiger partial charge in [0.25, 0.3) is 0 Å². The van der Waals surface area contributed by atoms with Gasteiger partial charge in [0.05, 0.1) is 0 Å². The van der Waals surface area contributed by atoms with Gasteiger partial charge in [-0.15, -0.1) is 0 Å². The highest BCUT2D eigenvalue weighted by Crippen LogP contribution is 2.04. The lowest BCUT2D eigenvalue weighted by molar-refractivity contribution is 0.0539. The summed E-state index contributed by atoms with van der Waals surface area (Å²) in [6.07, 6.45) is 4.42. The number of hydrogen-bond acceptors (Lipinski definition) is 3. The molecule has 0 saturated carbocycles. The van der Waals surface area contributed by atoms with Crippen LogP contribution in [0.15, 0.2) is 31.0 Å². The molecule has 4 heteroatoms. The molecule has 1 aromatic heterocycles. The average Bonchev–Trinajstić information content (AvgIpc) is 2.73. The van der Waals surface area contributed by atoms with Crippen LogP contribution in [0, 0.1) is 5.92 Å². The Morgan fingerprint density at radius 3 is 3.06 bits per heavy atom. The highest BCUT2D eigenvalue weighted by Gasteiger charge is 2.11. The van der Waals surface area contributed by atoms with Crippen LogP contribution in [0.3, 0.4) is 0 Å². The molecule has 17 heavy (non-hydrogen) atoms. The van der Waals surface area contributed by atoms with Gasteiger partial charge in [0, 0.05) is 12.7 Å². The molecule has 0 radical (unpaired) electrons. The van der Waals surface area contributed by atoms with E-state index < -0.39 is 0 Å². The summed E-state index contributed by atoms with van der Waals surface area (Å²) in [5.74, 6) is 0.293. The smallest absolute Gasteiger partial charge is 0.357 e. The van der Waals surface area contributed by atoms with Gasteiger partial charge in [0.1, 0.15) is 12.3 Å². The number of hydrogen-bond donors (Lipinski definition) is 1. The van der Waals surface area contributed by atoms with Crippen LogP contribution in [-0.4, -0.2) is 23.8 Å². The highest BCUT2D eigenvalue weighted by atomic mass is 16.5. The van der Waals surface area contributed by atoms with Crippen molar-refractivity contribution in [2.45, 2.75) is 20.3 Å². The number of aromatic nitrogens is 1. The number of carbonyl (C=O) groups excluding carboxylic acids is 1. The molecule has 0 atom stereocenters. The normalized spacial score (nSPS) is 10.3. The molecule has 1 N–H and O–H groups in total. The van der Waals surface area contributed by atoms with Crippen molar-refractivity contribution in [3.8, 4) is 0 Å². The number of nitrogens with zero attached hydrogens (tertiary/aromatic N) is 1. The van der Waals surface area contributed by atoms with E-state index in [1.54, 1.807) is 16.8 Å². The van der Waals surface area contributed by atoms with Crippen LogP contribution in [-0.2, 0) is 4.74 Å². The van der Waals surface area contributed by atoms with Crippen molar-refractivity contribution in [2.75, 3.05) is 18.6 Å². The monoisotopic (exact) mass is 236 g/mol. The third-order valence-electron chi connectivity index (χ3n) is 2.29. The molecule has 0 saturated heterocycles. The van der Waals surface area contributed by atoms with Crippen molar-refractivity contribution in [3.63, 3.8) is 0 Å². The SMILES string of the molecule is C=CCOC(=O)c1cccn1NCCC(C)C. The molecule has 1 rings (SSSR count). The fraction of sp³-hybridized carbons (Fsp3) is 0.462. The summed E-state index contributed by atoms with van der Waals surface area (Å²) in [6.45, 7) is 8.89. The molecule has 0 amide bonds. The van der Waals surface area contributed by atoms with Crippen molar-refractivity contribution in [3.05, 3.63) is 36.7 Å². The van der Waals surface area contributed by atoms with Gasteiger partial charge in [-0.25, -0.2) is 4.79 Å². The fourth-order valence-corrected chi connectivity index (χ4v) is 1.37. The quantitative estimate of drug-likeness (QED) is 0.584. The highest BCUT2D eigenvalue weighted by molar-refractivity contribution is 5.87. The average molecular weight is 236 g/mol. The van der Waals surface area contributed by atoms with Gasteiger partial charge in [0.2, 0.25) is 0 Å². The summed E-state index contributed by atoms with van der Waals surface area (Å²) >= 11 is 0. The zero-order valence-corrected chi connectivity index (χ0v) is 10.5. The lowest BCUT2D eigenvalue weighted by atomic mass is 10.1. The number of carbonyl (C=O) groups is 1. The van der Waals surface area contributed by atoms with Crippen LogP contribution in [0.2, 0.25) is 0 Å². The zero-order chi connectivity index (χ0) is 12.7. The molecule has 0 unspecified atom stereocenters. The first-order valence-electron chi connectivity index (χ1n) is 5.84. The first-order valence-corrected chi connectivity index (χ1v) is 5.84. The van der Waals surface area contributed by atoms with Crippen molar-refractivity contribution >= 4 is 5.97 Å². The summed E-state index contributed by atoms with van der Waals surface area (Å²) in [5.41, 5.74) is 3.68. The molecule has 0 aliphatic carbocycles. The minimum atomic E-state index is -0.341. The first-order chi connectivity index (χ1) is 8.15. The largest absolute Gasteiger partial charge is 0.457 e. The van der Waals surface area contributed by atoms with E-state index in [2.05, 4.69) is 25.9 Å². The first kappa shape index (κ1) is 13.4. The second kappa shape index (κ2) is 6.78. The van der Waals surface area contributed by atoms with Crippen molar-refractivity contribution in [1.29, 1.82) is 0 Å². The van der Waals surface area contributed by atoms with E-state index in [-0.39, 0.29) is 12.6 Å². The molecule has 0 bridgehead atoms. The summed E-state index contributed by atoms with van der Waals surface area (Å²) in [6, 6.07) is 3.54. The van der Waals surface area contributed by atoms with Crippen molar-refractivity contribution in [2.24, 2.45) is 5.92 Å². The van der Waals surface area contributed by atoms with Crippen molar-refractivity contribution < 1.29 is 9.53 Å². The van der Waals surface area contributed by atoms with Gasteiger partial charge in [-0.3, -0.25) is 4.68 Å². The molecule has 94 valence electrons. The van der Waals surface area contributed by atoms with Crippen LogP contribution in [0.4, 0.5) is 0 Å². The van der Waals surface area contributed by atoms with E-state index in [1.165, 1.54) is 0 Å². The molecule has 0 aliphatic rings. The van der Waals surface area contributed by atoms with Gasteiger partial charge < -0.3 is 10.2 Å². The van der Waals surface area contributed by atoms with Crippen LogP contribution in [0.5, 0.6) is 0 Å². The Bertz CT molecular complexity index is 369. The molecule has 4 nitrogen and oxygen atoms in total. The number of ether oxygens (including phenoxy) is 1. The molecule has 0 spiro atoms. The predicted molar refractivity (Wildman–Crippen MR) is 68.6 cm³/mol. The van der Waals surface area contributed by atoms with E-state index in [1.807, 2.05) is 12.3 Å². The standard InChI is InChI=1S/C13H20N2O2/c1-4-10-17-13(16)12-6-5-9-15(12)14-8-7-11(2)3/h4-6,9,11,14H,1,7-8,10H2,2-3H3. The van der Waals surface area contributed by atoms with E-state index in [4.69, 9.17) is 4.74 Å². The number of nitrogens with one attached hydrogen (secondary N) is 1. The van der Waals surface area contributed by atoms with Crippen LogP contribution in [0.25, 0.3) is 0 Å². The van der Waals surface area contributed by atoms with E-state index in [0.717, 1.165) is 13.0 Å². The predicted octanol–water partition coefficient (Wildman–Crippen LogP) is 2.42. The Hall–Kier alpha value is -1.71. The Morgan fingerprint density at radius 1 is 1.65 bits per heavy atom. The molecule has 1 heterocycles. The third-order valence-corrected chi connectivity index (χ3v) is 2.29.